The van der Waals surface area contributed by atoms with Gasteiger partial charge in [0.25, 0.3) is 0 Å². The second-order valence-electron chi connectivity index (χ2n) is 19.6. The molecule has 0 saturated carbocycles. The van der Waals surface area contributed by atoms with E-state index in [4.69, 9.17) is 0 Å². The van der Waals surface area contributed by atoms with Gasteiger partial charge in [0, 0.05) is 116 Å². The number of hydrazine groups is 8. The molecule has 16 heteroatoms. The van der Waals surface area contributed by atoms with Crippen molar-refractivity contribution >= 4 is 28.1 Å². The largest absolute Gasteiger partial charge is 0.336 e. The average molecular weight is 897 g/mol. The molecule has 9 rings (SSSR count). The summed E-state index contributed by atoms with van der Waals surface area (Å²) in [4.78, 5) is 11.3. The summed E-state index contributed by atoms with van der Waals surface area (Å²) in [6.07, 6.45) is 31.5. The van der Waals surface area contributed by atoms with Crippen molar-refractivity contribution in [3.05, 3.63) is 24.3 Å². The first kappa shape index (κ1) is 46.3. The zero-order valence-corrected chi connectivity index (χ0v) is 40.6. The second-order valence-corrected chi connectivity index (χ2v) is 22.6. The van der Waals surface area contributed by atoms with Gasteiger partial charge in [0.15, 0.2) is 0 Å². The van der Waals surface area contributed by atoms with Gasteiger partial charge in [-0.05, 0) is 121 Å². The minimum absolute atomic E-state index is 1.01. The molecule has 0 aliphatic carbocycles. The minimum atomic E-state index is -1.01. The number of nitrogens with zero attached hydrogens (tertiary/aromatic N) is 12. The van der Waals surface area contributed by atoms with Crippen molar-refractivity contribution in [2.24, 2.45) is 0 Å². The third kappa shape index (κ3) is 12.0. The Hall–Kier alpha value is -0.800. The zero-order valence-electron chi connectivity index (χ0n) is 38.9. The van der Waals surface area contributed by atoms with Crippen molar-refractivity contribution < 1.29 is 0 Å². The van der Waals surface area contributed by atoms with Crippen LogP contribution in [0.25, 0.3) is 0 Å². The van der Waals surface area contributed by atoms with E-state index in [1.54, 1.807) is 0 Å². The molecule has 0 bridgehead atoms. The fourth-order valence-electron chi connectivity index (χ4n) is 11.3. The summed E-state index contributed by atoms with van der Waals surface area (Å²) in [5.41, 5.74) is 2.50. The van der Waals surface area contributed by atoms with E-state index in [0.29, 0.717) is 0 Å². The standard InChI is InChI=1S/C46H86N14P2/c1-9-28-49(29-10-1)57(50-30-11-2-12-31-50)61(58(51-32-13-3-14-33-51)52-34-15-4-16-35-52)47-45-26-25-27-46(44-45)48-62(59(53-36-17-5-18-37-53)54-38-19-6-20-39-54)60(55-40-21-7-22-41-55)56-42-23-8-24-43-56/h25-27,44,47-48H,1-24,28-43H2. The molecule has 0 radical (unpaired) electrons. The highest BCUT2D eigenvalue weighted by molar-refractivity contribution is 7.54. The van der Waals surface area contributed by atoms with Crippen LogP contribution in [0.3, 0.4) is 0 Å². The van der Waals surface area contributed by atoms with Gasteiger partial charge in [0.05, 0.1) is 0 Å². The van der Waals surface area contributed by atoms with E-state index in [1.165, 1.54) is 165 Å². The maximum absolute atomic E-state index is 4.44. The summed E-state index contributed by atoms with van der Waals surface area (Å²) >= 11 is 0. The first-order valence-electron chi connectivity index (χ1n) is 26.2. The summed E-state index contributed by atoms with van der Waals surface area (Å²) in [5.74, 6) is 0. The molecule has 8 aliphatic heterocycles. The third-order valence-corrected chi connectivity index (χ3v) is 19.0. The smallest absolute Gasteiger partial charge is 0.206 e. The van der Waals surface area contributed by atoms with E-state index in [0.717, 1.165) is 105 Å². The predicted molar refractivity (Wildman–Crippen MR) is 258 cm³/mol. The van der Waals surface area contributed by atoms with Crippen LogP contribution >= 0.6 is 16.7 Å². The van der Waals surface area contributed by atoms with Crippen LogP contribution in [-0.2, 0) is 0 Å². The van der Waals surface area contributed by atoms with Gasteiger partial charge in [-0.25, -0.2) is 40.1 Å². The highest BCUT2D eigenvalue weighted by Gasteiger charge is 2.44. The van der Waals surface area contributed by atoms with Gasteiger partial charge in [-0.15, -0.1) is 19.6 Å². The molecule has 0 unspecified atom stereocenters. The first-order chi connectivity index (χ1) is 30.8. The number of hydrogen-bond acceptors (Lipinski definition) is 14. The van der Waals surface area contributed by atoms with E-state index in [1.807, 2.05) is 0 Å². The Balaban J connectivity index is 1.09. The Morgan fingerprint density at radius 3 is 0.629 bits per heavy atom. The van der Waals surface area contributed by atoms with Crippen LogP contribution in [0.15, 0.2) is 24.3 Å². The molecule has 8 heterocycles. The molecule has 14 nitrogen and oxygen atoms in total. The van der Waals surface area contributed by atoms with Crippen LogP contribution in [0.1, 0.15) is 154 Å². The fraction of sp³-hybridized carbons (Fsp3) is 0.870. The van der Waals surface area contributed by atoms with Crippen LogP contribution in [-0.4, -0.2) is 164 Å². The maximum atomic E-state index is 4.44. The van der Waals surface area contributed by atoms with Crippen molar-refractivity contribution in [3.63, 3.8) is 0 Å². The van der Waals surface area contributed by atoms with Crippen molar-refractivity contribution in [2.45, 2.75) is 154 Å². The van der Waals surface area contributed by atoms with Gasteiger partial charge in [0.1, 0.15) is 0 Å². The molecular weight excluding hydrogens is 811 g/mol. The van der Waals surface area contributed by atoms with Crippen LogP contribution in [0, 0.1) is 0 Å². The number of nitrogens with one attached hydrogen (secondary N) is 2. The Bertz CT molecular complexity index is 1160. The fourth-order valence-corrected chi connectivity index (χ4v) is 16.1. The molecular formula is C46H86N14P2. The molecule has 8 fully saturated rings. The molecule has 0 amide bonds. The lowest BCUT2D eigenvalue weighted by atomic mass is 10.1. The summed E-state index contributed by atoms with van der Waals surface area (Å²) in [6.45, 7) is 18.5. The van der Waals surface area contributed by atoms with Crippen LogP contribution in [0.4, 0.5) is 11.4 Å². The summed E-state index contributed by atoms with van der Waals surface area (Å²) in [6, 6.07) is 9.63. The lowest BCUT2D eigenvalue weighted by Crippen LogP contribution is -2.61. The van der Waals surface area contributed by atoms with E-state index >= 15 is 0 Å². The van der Waals surface area contributed by atoms with Crippen LogP contribution in [0.5, 0.6) is 0 Å². The molecule has 1 aromatic rings. The topological polar surface area (TPSA) is 62.9 Å². The van der Waals surface area contributed by atoms with Crippen molar-refractivity contribution in [1.82, 2.24) is 59.6 Å². The monoisotopic (exact) mass is 897 g/mol. The molecule has 0 aromatic heterocycles. The summed E-state index contributed by atoms with van der Waals surface area (Å²) in [5, 5.41) is 31.1. The van der Waals surface area contributed by atoms with Crippen molar-refractivity contribution in [1.29, 1.82) is 0 Å². The third-order valence-electron chi connectivity index (χ3n) is 14.7. The number of anilines is 2. The van der Waals surface area contributed by atoms with Crippen LogP contribution in [0.2, 0.25) is 0 Å². The number of hydrogen-bond donors (Lipinski definition) is 2. The van der Waals surface area contributed by atoms with E-state index in [-0.39, 0.29) is 0 Å². The Morgan fingerprint density at radius 2 is 0.452 bits per heavy atom. The van der Waals surface area contributed by atoms with Gasteiger partial charge in [0.2, 0.25) is 16.7 Å². The van der Waals surface area contributed by atoms with Crippen molar-refractivity contribution in [3.8, 4) is 0 Å². The number of rotatable bonds is 16. The normalized spacial score (nSPS) is 26.4. The second kappa shape index (κ2) is 24.3. The summed E-state index contributed by atoms with van der Waals surface area (Å²) < 4.78 is 0. The SMILES string of the molecule is c1cc(NP(N(N2CCCCC2)N2CCCCC2)N(N2CCCCC2)N2CCCCC2)cc(NP(N(N2CCCCC2)N2CCCCC2)N(N2CCCCC2)N2CCCCC2)c1. The van der Waals surface area contributed by atoms with Gasteiger partial charge in [-0.2, -0.15) is 0 Å². The highest BCUT2D eigenvalue weighted by atomic mass is 31.2. The summed E-state index contributed by atoms with van der Waals surface area (Å²) in [7, 11) is -2.02. The minimum Gasteiger partial charge on any atom is -0.336 e. The molecule has 62 heavy (non-hydrogen) atoms. The van der Waals surface area contributed by atoms with Gasteiger partial charge >= 0.3 is 0 Å². The van der Waals surface area contributed by atoms with Gasteiger partial charge in [-0.1, -0.05) is 57.4 Å². The maximum Gasteiger partial charge on any atom is 0.206 e. The molecule has 0 atom stereocenters. The molecule has 350 valence electrons. The van der Waals surface area contributed by atoms with E-state index in [2.05, 4.69) is 94.1 Å². The Labute approximate surface area is 379 Å². The number of benzene rings is 1. The van der Waals surface area contributed by atoms with Crippen LogP contribution < -0.4 is 10.2 Å². The average Bonchev–Trinajstić information content (AvgIpc) is 3.35. The van der Waals surface area contributed by atoms with E-state index < -0.39 is 16.7 Å². The lowest BCUT2D eigenvalue weighted by Gasteiger charge is -2.55. The van der Waals surface area contributed by atoms with Gasteiger partial charge in [-0.3, -0.25) is 0 Å². The molecule has 0 spiro atoms. The quantitative estimate of drug-likeness (QED) is 0.155. The number of piperidine rings is 8. The highest BCUT2D eigenvalue weighted by Crippen LogP contribution is 2.53. The molecule has 1 aromatic carbocycles. The zero-order chi connectivity index (χ0) is 41.8. The van der Waals surface area contributed by atoms with Crippen molar-refractivity contribution in [2.75, 3.05) is 115 Å². The molecule has 8 saturated heterocycles. The predicted octanol–water partition coefficient (Wildman–Crippen LogP) is 9.38. The Kier molecular flexibility index (Phi) is 18.1. The lowest BCUT2D eigenvalue weighted by molar-refractivity contribution is -0.165. The van der Waals surface area contributed by atoms with Gasteiger partial charge < -0.3 is 10.2 Å². The molecule has 8 aliphatic rings. The first-order valence-corrected chi connectivity index (χ1v) is 28.7. The molecule has 2 N–H and O–H groups in total. The van der Waals surface area contributed by atoms with E-state index in [9.17, 15) is 0 Å². The Morgan fingerprint density at radius 1 is 0.274 bits per heavy atom.